The van der Waals surface area contributed by atoms with Crippen molar-refractivity contribution in [2.45, 2.75) is 25.0 Å². The molecule has 1 heterocycles. The maximum Gasteiger partial charge on any atom is 0.0948 e. The van der Waals surface area contributed by atoms with E-state index in [9.17, 15) is 5.11 Å². The lowest BCUT2D eigenvalue weighted by Crippen LogP contribution is -2.39. The summed E-state index contributed by atoms with van der Waals surface area (Å²) in [6, 6.07) is 10.6. The van der Waals surface area contributed by atoms with Crippen LogP contribution in [0.15, 0.2) is 30.3 Å². The summed E-state index contributed by atoms with van der Waals surface area (Å²) < 4.78 is 5.17. The standard InChI is InChI=1S/C13H19NO2/c15-13-10-16-9-12(13)14-8-4-7-11-5-2-1-3-6-11/h1-3,5-6,12-15H,4,7-10H2/t12-,13-/m1/s1. The molecule has 3 heteroatoms. The number of nitrogens with one attached hydrogen (secondary N) is 1. The second kappa shape index (κ2) is 5.99. The van der Waals surface area contributed by atoms with Crippen molar-refractivity contribution in [1.29, 1.82) is 0 Å². The van der Waals surface area contributed by atoms with Crippen molar-refractivity contribution in [2.75, 3.05) is 19.8 Å². The van der Waals surface area contributed by atoms with Gasteiger partial charge in [0.25, 0.3) is 0 Å². The summed E-state index contributed by atoms with van der Waals surface area (Å²) in [6.45, 7) is 2.03. The van der Waals surface area contributed by atoms with Crippen molar-refractivity contribution in [1.82, 2.24) is 5.32 Å². The van der Waals surface area contributed by atoms with E-state index in [0.29, 0.717) is 13.2 Å². The van der Waals surface area contributed by atoms with Gasteiger partial charge in [0.1, 0.15) is 0 Å². The Balaban J connectivity index is 1.62. The van der Waals surface area contributed by atoms with Gasteiger partial charge in [-0.05, 0) is 24.9 Å². The summed E-state index contributed by atoms with van der Waals surface area (Å²) in [5.74, 6) is 0. The van der Waals surface area contributed by atoms with E-state index in [-0.39, 0.29) is 12.1 Å². The fourth-order valence-electron chi connectivity index (χ4n) is 1.96. The monoisotopic (exact) mass is 221 g/mol. The minimum atomic E-state index is -0.336. The third-order valence-electron chi connectivity index (χ3n) is 2.94. The van der Waals surface area contributed by atoms with Gasteiger partial charge in [-0.1, -0.05) is 30.3 Å². The fourth-order valence-corrected chi connectivity index (χ4v) is 1.96. The minimum absolute atomic E-state index is 0.121. The molecule has 0 bridgehead atoms. The van der Waals surface area contributed by atoms with Crippen LogP contribution >= 0.6 is 0 Å². The fraction of sp³-hybridized carbons (Fsp3) is 0.538. The summed E-state index contributed by atoms with van der Waals surface area (Å²) in [5, 5.41) is 12.8. The Labute approximate surface area is 96.4 Å². The van der Waals surface area contributed by atoms with E-state index in [0.717, 1.165) is 19.4 Å². The molecule has 1 fully saturated rings. The van der Waals surface area contributed by atoms with E-state index >= 15 is 0 Å². The SMILES string of the molecule is O[C@@H]1COC[C@H]1NCCCc1ccccc1. The Morgan fingerprint density at radius 1 is 1.25 bits per heavy atom. The topological polar surface area (TPSA) is 41.5 Å². The molecule has 2 atom stereocenters. The van der Waals surface area contributed by atoms with Crippen LogP contribution in [0.2, 0.25) is 0 Å². The first-order valence-electron chi connectivity index (χ1n) is 5.89. The normalized spacial score (nSPS) is 24.8. The highest BCUT2D eigenvalue weighted by molar-refractivity contribution is 5.14. The third kappa shape index (κ3) is 3.30. The Morgan fingerprint density at radius 2 is 2.06 bits per heavy atom. The molecular formula is C13H19NO2. The van der Waals surface area contributed by atoms with Crippen LogP contribution in [0.3, 0.4) is 0 Å². The van der Waals surface area contributed by atoms with Gasteiger partial charge >= 0.3 is 0 Å². The third-order valence-corrected chi connectivity index (χ3v) is 2.94. The minimum Gasteiger partial charge on any atom is -0.389 e. The first-order chi connectivity index (χ1) is 7.86. The number of aliphatic hydroxyl groups excluding tert-OH is 1. The zero-order valence-electron chi connectivity index (χ0n) is 9.43. The van der Waals surface area contributed by atoms with Crippen LogP contribution in [0.5, 0.6) is 0 Å². The van der Waals surface area contributed by atoms with Crippen LogP contribution in [-0.4, -0.2) is 37.0 Å². The zero-order valence-corrected chi connectivity index (χ0v) is 9.43. The van der Waals surface area contributed by atoms with Gasteiger partial charge in [0.05, 0.1) is 25.4 Å². The molecule has 0 aromatic heterocycles. The lowest BCUT2D eigenvalue weighted by Gasteiger charge is -2.14. The van der Waals surface area contributed by atoms with Gasteiger partial charge in [-0.3, -0.25) is 0 Å². The van der Waals surface area contributed by atoms with E-state index in [1.807, 2.05) is 6.07 Å². The summed E-state index contributed by atoms with van der Waals surface area (Å²) in [6.07, 6.45) is 1.84. The molecule has 0 amide bonds. The Bertz CT molecular complexity index is 302. The second-order valence-electron chi connectivity index (χ2n) is 4.25. The van der Waals surface area contributed by atoms with E-state index in [1.165, 1.54) is 5.56 Å². The smallest absolute Gasteiger partial charge is 0.0948 e. The highest BCUT2D eigenvalue weighted by Crippen LogP contribution is 2.06. The molecule has 2 rings (SSSR count). The molecule has 88 valence electrons. The van der Waals surface area contributed by atoms with Crippen LogP contribution in [-0.2, 0) is 11.2 Å². The van der Waals surface area contributed by atoms with Crippen LogP contribution in [0.4, 0.5) is 0 Å². The van der Waals surface area contributed by atoms with E-state index in [4.69, 9.17) is 4.74 Å². The van der Waals surface area contributed by atoms with Crippen molar-refractivity contribution in [2.24, 2.45) is 0 Å². The highest BCUT2D eigenvalue weighted by atomic mass is 16.5. The average Bonchev–Trinajstić information content (AvgIpc) is 2.72. The van der Waals surface area contributed by atoms with Gasteiger partial charge < -0.3 is 15.2 Å². The lowest BCUT2D eigenvalue weighted by atomic mass is 10.1. The highest BCUT2D eigenvalue weighted by Gasteiger charge is 2.24. The molecule has 0 unspecified atom stereocenters. The van der Waals surface area contributed by atoms with Gasteiger partial charge in [0, 0.05) is 0 Å². The summed E-state index contributed by atoms with van der Waals surface area (Å²) >= 11 is 0. The van der Waals surface area contributed by atoms with Crippen molar-refractivity contribution in [3.8, 4) is 0 Å². The largest absolute Gasteiger partial charge is 0.389 e. The first-order valence-corrected chi connectivity index (χ1v) is 5.89. The van der Waals surface area contributed by atoms with Crippen molar-refractivity contribution < 1.29 is 9.84 Å². The van der Waals surface area contributed by atoms with Crippen LogP contribution < -0.4 is 5.32 Å². The zero-order chi connectivity index (χ0) is 11.2. The molecule has 2 N–H and O–H groups in total. The molecule has 0 radical (unpaired) electrons. The first kappa shape index (κ1) is 11.6. The van der Waals surface area contributed by atoms with Gasteiger partial charge in [-0.15, -0.1) is 0 Å². The molecule has 16 heavy (non-hydrogen) atoms. The van der Waals surface area contributed by atoms with Gasteiger partial charge in [0.15, 0.2) is 0 Å². The summed E-state index contributed by atoms with van der Waals surface area (Å²) in [7, 11) is 0. The summed E-state index contributed by atoms with van der Waals surface area (Å²) in [5.41, 5.74) is 1.37. The Morgan fingerprint density at radius 3 is 2.75 bits per heavy atom. The van der Waals surface area contributed by atoms with Crippen LogP contribution in [0, 0.1) is 0 Å². The molecule has 1 aliphatic heterocycles. The van der Waals surface area contributed by atoms with Crippen molar-refractivity contribution >= 4 is 0 Å². The molecule has 0 saturated carbocycles. The average molecular weight is 221 g/mol. The van der Waals surface area contributed by atoms with E-state index in [2.05, 4.69) is 29.6 Å². The van der Waals surface area contributed by atoms with Crippen LogP contribution in [0.1, 0.15) is 12.0 Å². The van der Waals surface area contributed by atoms with Crippen molar-refractivity contribution in [3.63, 3.8) is 0 Å². The molecule has 0 aliphatic carbocycles. The summed E-state index contributed by atoms with van der Waals surface area (Å²) in [4.78, 5) is 0. The van der Waals surface area contributed by atoms with E-state index < -0.39 is 0 Å². The molecule has 1 aliphatic rings. The predicted octanol–water partition coefficient (Wildman–Crippen LogP) is 0.968. The van der Waals surface area contributed by atoms with E-state index in [1.54, 1.807) is 0 Å². The quantitative estimate of drug-likeness (QED) is 0.728. The number of aliphatic hydroxyl groups is 1. The number of aryl methyl sites for hydroxylation is 1. The maximum absolute atomic E-state index is 9.52. The number of hydrogen-bond acceptors (Lipinski definition) is 3. The second-order valence-corrected chi connectivity index (χ2v) is 4.25. The predicted molar refractivity (Wildman–Crippen MR) is 63.4 cm³/mol. The molecule has 3 nitrogen and oxygen atoms in total. The van der Waals surface area contributed by atoms with Crippen molar-refractivity contribution in [3.05, 3.63) is 35.9 Å². The number of hydrogen-bond donors (Lipinski definition) is 2. The molecular weight excluding hydrogens is 202 g/mol. The van der Waals surface area contributed by atoms with Gasteiger partial charge in [-0.25, -0.2) is 0 Å². The lowest BCUT2D eigenvalue weighted by molar-refractivity contribution is 0.122. The Hall–Kier alpha value is -0.900. The number of ether oxygens (including phenoxy) is 1. The number of rotatable bonds is 5. The molecule has 1 aromatic carbocycles. The Kier molecular flexibility index (Phi) is 4.34. The van der Waals surface area contributed by atoms with Gasteiger partial charge in [0.2, 0.25) is 0 Å². The van der Waals surface area contributed by atoms with Gasteiger partial charge in [-0.2, -0.15) is 0 Å². The maximum atomic E-state index is 9.52. The molecule has 1 saturated heterocycles. The molecule has 0 spiro atoms. The molecule has 1 aromatic rings. The number of benzene rings is 1. The van der Waals surface area contributed by atoms with Crippen LogP contribution in [0.25, 0.3) is 0 Å².